The molecule has 186 valence electrons. The van der Waals surface area contributed by atoms with Gasteiger partial charge in [0.2, 0.25) is 6.79 Å². The van der Waals surface area contributed by atoms with E-state index in [0.717, 1.165) is 47.9 Å². The standard InChI is InChI=1S/C28H27ClN2O5/c1-33-23-8-7-19-21(13-30-28(32)16-3-5-18(29)6-4-16)26-20-12-25-24(35-15-36-25)11-17(20)9-10-31(26)14-22(19)27(23)34-2/h3-8,11-12,21,26H,9-10,13-15H2,1-2H3,(H,30,32). The maximum atomic E-state index is 13.0. The molecule has 36 heavy (non-hydrogen) atoms. The maximum absolute atomic E-state index is 13.0. The number of carbonyl (C=O) groups is 1. The van der Waals surface area contributed by atoms with E-state index in [0.29, 0.717) is 22.9 Å². The van der Waals surface area contributed by atoms with Gasteiger partial charge in [-0.25, -0.2) is 0 Å². The lowest BCUT2D eigenvalue weighted by Gasteiger charge is -2.46. The van der Waals surface area contributed by atoms with Gasteiger partial charge in [-0.15, -0.1) is 0 Å². The molecule has 3 aliphatic rings. The van der Waals surface area contributed by atoms with Gasteiger partial charge in [0.1, 0.15) is 0 Å². The summed E-state index contributed by atoms with van der Waals surface area (Å²) in [5, 5.41) is 3.77. The monoisotopic (exact) mass is 506 g/mol. The predicted octanol–water partition coefficient (Wildman–Crippen LogP) is 4.71. The van der Waals surface area contributed by atoms with Crippen molar-refractivity contribution in [2.24, 2.45) is 0 Å². The van der Waals surface area contributed by atoms with Crippen LogP contribution in [-0.4, -0.2) is 44.9 Å². The lowest BCUT2D eigenvalue weighted by molar-refractivity contribution is 0.0924. The van der Waals surface area contributed by atoms with Crippen molar-refractivity contribution in [3.63, 3.8) is 0 Å². The molecular formula is C28H27ClN2O5. The maximum Gasteiger partial charge on any atom is 0.251 e. The van der Waals surface area contributed by atoms with Crippen LogP contribution in [0.1, 0.15) is 44.6 Å². The number of benzene rings is 3. The zero-order valence-corrected chi connectivity index (χ0v) is 20.9. The summed E-state index contributed by atoms with van der Waals surface area (Å²) in [6.45, 7) is 2.32. The molecule has 8 heteroatoms. The van der Waals surface area contributed by atoms with Gasteiger partial charge in [-0.05, 0) is 65.6 Å². The highest BCUT2D eigenvalue weighted by molar-refractivity contribution is 6.30. The van der Waals surface area contributed by atoms with E-state index in [-0.39, 0.29) is 24.7 Å². The summed E-state index contributed by atoms with van der Waals surface area (Å²) < 4.78 is 22.8. The smallest absolute Gasteiger partial charge is 0.251 e. The topological polar surface area (TPSA) is 69.3 Å². The first-order chi connectivity index (χ1) is 17.6. The fraction of sp³-hybridized carbons (Fsp3) is 0.321. The summed E-state index contributed by atoms with van der Waals surface area (Å²) >= 11 is 6.01. The average molecular weight is 507 g/mol. The Labute approximate surface area is 214 Å². The van der Waals surface area contributed by atoms with Gasteiger partial charge in [0, 0.05) is 47.7 Å². The molecule has 7 nitrogen and oxygen atoms in total. The first-order valence-electron chi connectivity index (χ1n) is 12.0. The van der Waals surface area contributed by atoms with Crippen LogP contribution < -0.4 is 24.3 Å². The third kappa shape index (κ3) is 3.83. The number of methoxy groups -OCH3 is 2. The Kier molecular flexibility index (Phi) is 5.90. The Bertz CT molecular complexity index is 1330. The number of hydrogen-bond donors (Lipinski definition) is 1. The Morgan fingerprint density at radius 1 is 1.06 bits per heavy atom. The Hall–Kier alpha value is -3.42. The molecule has 3 heterocycles. The summed E-state index contributed by atoms with van der Waals surface area (Å²) in [5.74, 6) is 2.89. The van der Waals surface area contributed by atoms with Gasteiger partial charge >= 0.3 is 0 Å². The number of fused-ring (bicyclic) bond motifs is 5. The second kappa shape index (κ2) is 9.22. The fourth-order valence-electron chi connectivity index (χ4n) is 5.76. The van der Waals surface area contributed by atoms with E-state index in [1.807, 2.05) is 6.07 Å². The molecule has 1 N–H and O–H groups in total. The van der Waals surface area contributed by atoms with Gasteiger partial charge in [-0.2, -0.15) is 0 Å². The SMILES string of the molecule is COc1ccc2c(c1OC)CN1CCc3cc4c(cc3C1C2CNC(=O)c1ccc(Cl)cc1)OCO4. The van der Waals surface area contributed by atoms with Crippen LogP contribution in [0.3, 0.4) is 0 Å². The van der Waals surface area contributed by atoms with Gasteiger partial charge in [-0.1, -0.05) is 17.7 Å². The third-order valence-electron chi connectivity index (χ3n) is 7.43. The number of amides is 1. The van der Waals surface area contributed by atoms with E-state index in [1.54, 1.807) is 38.5 Å². The van der Waals surface area contributed by atoms with Gasteiger partial charge in [0.15, 0.2) is 23.0 Å². The van der Waals surface area contributed by atoms with Crippen molar-refractivity contribution in [3.05, 3.63) is 81.4 Å². The summed E-state index contributed by atoms with van der Waals surface area (Å²) in [5.41, 5.74) is 5.31. The van der Waals surface area contributed by atoms with Gasteiger partial charge in [0.25, 0.3) is 5.91 Å². The normalized spacial score (nSPS) is 19.6. The predicted molar refractivity (Wildman–Crippen MR) is 135 cm³/mol. The molecule has 0 radical (unpaired) electrons. The van der Waals surface area contributed by atoms with Crippen molar-refractivity contribution in [1.82, 2.24) is 10.2 Å². The van der Waals surface area contributed by atoms with Crippen molar-refractivity contribution in [1.29, 1.82) is 0 Å². The fourth-order valence-corrected chi connectivity index (χ4v) is 5.88. The molecule has 0 saturated carbocycles. The molecule has 0 saturated heterocycles. The zero-order chi connectivity index (χ0) is 24.8. The van der Waals surface area contributed by atoms with E-state index < -0.39 is 0 Å². The first-order valence-corrected chi connectivity index (χ1v) is 12.4. The second-order valence-electron chi connectivity index (χ2n) is 9.26. The van der Waals surface area contributed by atoms with Gasteiger partial charge < -0.3 is 24.3 Å². The van der Waals surface area contributed by atoms with E-state index in [4.69, 9.17) is 30.5 Å². The molecule has 3 aromatic rings. The average Bonchev–Trinajstić information content (AvgIpc) is 3.36. The van der Waals surface area contributed by atoms with Crippen LogP contribution >= 0.6 is 11.6 Å². The van der Waals surface area contributed by atoms with E-state index in [9.17, 15) is 4.79 Å². The van der Waals surface area contributed by atoms with Crippen molar-refractivity contribution in [2.45, 2.75) is 24.9 Å². The van der Waals surface area contributed by atoms with Gasteiger partial charge in [0.05, 0.1) is 14.2 Å². The van der Waals surface area contributed by atoms with Crippen LogP contribution in [0.4, 0.5) is 0 Å². The summed E-state index contributed by atoms with van der Waals surface area (Å²) in [6.07, 6.45) is 0.911. The third-order valence-corrected chi connectivity index (χ3v) is 7.68. The number of halogens is 1. The van der Waals surface area contributed by atoms with Crippen molar-refractivity contribution in [3.8, 4) is 23.0 Å². The summed E-state index contributed by atoms with van der Waals surface area (Å²) in [7, 11) is 3.33. The molecular weight excluding hydrogens is 480 g/mol. The zero-order valence-electron chi connectivity index (χ0n) is 20.2. The second-order valence-corrected chi connectivity index (χ2v) is 9.70. The molecule has 0 spiro atoms. The highest BCUT2D eigenvalue weighted by atomic mass is 35.5. The number of nitrogens with zero attached hydrogens (tertiary/aromatic N) is 1. The van der Waals surface area contributed by atoms with Crippen LogP contribution in [0, 0.1) is 0 Å². The molecule has 3 aliphatic heterocycles. The Morgan fingerprint density at radius 2 is 1.83 bits per heavy atom. The molecule has 3 aromatic carbocycles. The van der Waals surface area contributed by atoms with Crippen LogP contribution in [0.15, 0.2) is 48.5 Å². The Balaban J connectivity index is 1.41. The van der Waals surface area contributed by atoms with E-state index in [2.05, 4.69) is 28.4 Å². The van der Waals surface area contributed by atoms with Gasteiger partial charge in [-0.3, -0.25) is 9.69 Å². The van der Waals surface area contributed by atoms with Crippen molar-refractivity contribution < 1.29 is 23.7 Å². The molecule has 0 fully saturated rings. The molecule has 2 atom stereocenters. The number of rotatable bonds is 5. The minimum Gasteiger partial charge on any atom is -0.493 e. The lowest BCUT2D eigenvalue weighted by Crippen LogP contribution is -2.45. The molecule has 6 rings (SSSR count). The highest BCUT2D eigenvalue weighted by Gasteiger charge is 2.42. The number of hydrogen-bond acceptors (Lipinski definition) is 6. The molecule has 2 unspecified atom stereocenters. The van der Waals surface area contributed by atoms with E-state index in [1.165, 1.54) is 11.1 Å². The van der Waals surface area contributed by atoms with Crippen molar-refractivity contribution >= 4 is 17.5 Å². The quantitative estimate of drug-likeness (QED) is 0.540. The number of carbonyl (C=O) groups excluding carboxylic acids is 1. The minimum atomic E-state index is -0.132. The largest absolute Gasteiger partial charge is 0.493 e. The molecule has 0 bridgehead atoms. The first kappa shape index (κ1) is 23.0. The van der Waals surface area contributed by atoms with Crippen LogP contribution in [0.2, 0.25) is 5.02 Å². The number of nitrogens with one attached hydrogen (secondary N) is 1. The van der Waals surface area contributed by atoms with Crippen LogP contribution in [0.5, 0.6) is 23.0 Å². The molecule has 0 aliphatic carbocycles. The van der Waals surface area contributed by atoms with E-state index >= 15 is 0 Å². The molecule has 0 aromatic heterocycles. The summed E-state index contributed by atoms with van der Waals surface area (Å²) in [4.78, 5) is 15.5. The van der Waals surface area contributed by atoms with Crippen molar-refractivity contribution in [2.75, 3.05) is 34.1 Å². The highest BCUT2D eigenvalue weighted by Crippen LogP contribution is 2.51. The lowest BCUT2D eigenvalue weighted by atomic mass is 9.76. The number of ether oxygens (including phenoxy) is 4. The van der Waals surface area contributed by atoms with Crippen LogP contribution in [0.25, 0.3) is 0 Å². The van der Waals surface area contributed by atoms with Crippen LogP contribution in [-0.2, 0) is 13.0 Å². The Morgan fingerprint density at radius 3 is 2.58 bits per heavy atom. The summed E-state index contributed by atoms with van der Waals surface area (Å²) in [6, 6.07) is 15.3. The molecule has 1 amide bonds. The minimum absolute atomic E-state index is 0.00997.